The van der Waals surface area contributed by atoms with Gasteiger partial charge in [-0.15, -0.1) is 0 Å². The number of hydrogen-bond donors (Lipinski definition) is 2. The smallest absolute Gasteiger partial charge is 0.315 e. The third-order valence-corrected chi connectivity index (χ3v) is 5.42. The number of urea groups is 1. The van der Waals surface area contributed by atoms with Gasteiger partial charge in [0, 0.05) is 25.8 Å². The van der Waals surface area contributed by atoms with Gasteiger partial charge in [-0.05, 0) is 63.4 Å². The highest BCUT2D eigenvalue weighted by atomic mass is 16.5. The Bertz CT molecular complexity index is 567. The van der Waals surface area contributed by atoms with E-state index in [4.69, 9.17) is 9.47 Å². The Morgan fingerprint density at radius 2 is 1.89 bits per heavy atom. The van der Waals surface area contributed by atoms with Crippen molar-refractivity contribution in [3.63, 3.8) is 0 Å². The second-order valence-electron chi connectivity index (χ2n) is 7.36. The molecule has 6 nitrogen and oxygen atoms in total. The van der Waals surface area contributed by atoms with Crippen molar-refractivity contribution in [3.8, 4) is 5.75 Å². The van der Waals surface area contributed by atoms with Crippen LogP contribution in [0.4, 0.5) is 4.79 Å². The highest BCUT2D eigenvalue weighted by Gasteiger charge is 2.23. The molecule has 150 valence electrons. The Kier molecular flexibility index (Phi) is 7.78. The van der Waals surface area contributed by atoms with Crippen molar-refractivity contribution in [2.24, 2.45) is 0 Å². The van der Waals surface area contributed by atoms with Crippen LogP contribution in [0.1, 0.15) is 50.6 Å². The molecule has 1 unspecified atom stereocenters. The van der Waals surface area contributed by atoms with E-state index < -0.39 is 0 Å². The molecular weight excluding hydrogens is 342 g/mol. The van der Waals surface area contributed by atoms with Crippen LogP contribution in [0.3, 0.4) is 0 Å². The van der Waals surface area contributed by atoms with Gasteiger partial charge in [0.1, 0.15) is 5.75 Å². The number of piperidine rings is 1. The average molecular weight is 376 g/mol. The molecule has 1 atom stereocenters. The van der Waals surface area contributed by atoms with E-state index in [1.54, 1.807) is 0 Å². The van der Waals surface area contributed by atoms with Crippen LogP contribution in [-0.4, -0.2) is 56.4 Å². The van der Waals surface area contributed by atoms with Gasteiger partial charge >= 0.3 is 6.03 Å². The quantitative estimate of drug-likeness (QED) is 0.769. The standard InChI is InChI=1S/C21H33N3O3/c1-2-27-19-8-6-17(7-9-19)20(24-12-4-3-5-13-24)16-22-21(25)23-18-10-14-26-15-11-18/h6-9,18,20H,2-5,10-16H2,1H3,(H2,22,23,25). The van der Waals surface area contributed by atoms with Crippen LogP contribution in [0, 0.1) is 0 Å². The lowest BCUT2D eigenvalue weighted by Gasteiger charge is -2.35. The number of hydrogen-bond acceptors (Lipinski definition) is 4. The molecule has 0 radical (unpaired) electrons. The average Bonchev–Trinajstić information content (AvgIpc) is 2.71. The van der Waals surface area contributed by atoms with Gasteiger partial charge in [-0.3, -0.25) is 4.90 Å². The van der Waals surface area contributed by atoms with Gasteiger partial charge in [-0.2, -0.15) is 0 Å². The second-order valence-corrected chi connectivity index (χ2v) is 7.36. The van der Waals surface area contributed by atoms with E-state index in [2.05, 4.69) is 27.7 Å². The molecule has 2 fully saturated rings. The van der Waals surface area contributed by atoms with Gasteiger partial charge < -0.3 is 20.1 Å². The van der Waals surface area contributed by atoms with Gasteiger partial charge in [-0.1, -0.05) is 18.6 Å². The van der Waals surface area contributed by atoms with Gasteiger partial charge in [0.2, 0.25) is 0 Å². The first-order valence-corrected chi connectivity index (χ1v) is 10.3. The number of nitrogens with one attached hydrogen (secondary N) is 2. The van der Waals surface area contributed by atoms with E-state index in [1.165, 1.54) is 24.8 Å². The molecule has 2 aliphatic rings. The SMILES string of the molecule is CCOc1ccc(C(CNC(=O)NC2CCOCC2)N2CCCCC2)cc1. The molecule has 0 aliphatic carbocycles. The van der Waals surface area contributed by atoms with Gasteiger partial charge in [0.05, 0.1) is 12.6 Å². The zero-order valence-electron chi connectivity index (χ0n) is 16.4. The Morgan fingerprint density at radius 3 is 2.56 bits per heavy atom. The Morgan fingerprint density at radius 1 is 1.19 bits per heavy atom. The number of carbonyl (C=O) groups is 1. The first-order valence-electron chi connectivity index (χ1n) is 10.3. The van der Waals surface area contributed by atoms with Crippen molar-refractivity contribution in [2.45, 2.75) is 51.1 Å². The number of rotatable bonds is 7. The van der Waals surface area contributed by atoms with E-state index in [1.807, 2.05) is 19.1 Å². The molecule has 1 aromatic carbocycles. The number of amides is 2. The maximum atomic E-state index is 12.4. The van der Waals surface area contributed by atoms with Gasteiger partial charge in [0.15, 0.2) is 0 Å². The van der Waals surface area contributed by atoms with Crippen molar-refractivity contribution in [3.05, 3.63) is 29.8 Å². The Labute approximate surface area is 162 Å². The molecule has 1 aromatic rings. The molecule has 2 saturated heterocycles. The molecule has 2 amide bonds. The summed E-state index contributed by atoms with van der Waals surface area (Å²) in [6.45, 7) is 6.90. The summed E-state index contributed by atoms with van der Waals surface area (Å²) in [5.41, 5.74) is 1.23. The summed E-state index contributed by atoms with van der Waals surface area (Å²) in [6, 6.07) is 8.65. The number of carbonyl (C=O) groups excluding carboxylic acids is 1. The molecule has 0 bridgehead atoms. The van der Waals surface area contributed by atoms with Crippen LogP contribution in [-0.2, 0) is 4.74 Å². The van der Waals surface area contributed by atoms with Crippen LogP contribution in [0.5, 0.6) is 5.75 Å². The summed E-state index contributed by atoms with van der Waals surface area (Å²) >= 11 is 0. The summed E-state index contributed by atoms with van der Waals surface area (Å²) < 4.78 is 10.9. The first kappa shape index (κ1) is 20.0. The molecule has 6 heteroatoms. The van der Waals surface area contributed by atoms with E-state index in [0.29, 0.717) is 13.2 Å². The second kappa shape index (κ2) is 10.5. The summed E-state index contributed by atoms with van der Waals surface area (Å²) in [5, 5.41) is 6.19. The Balaban J connectivity index is 1.59. The fraction of sp³-hybridized carbons (Fsp3) is 0.667. The predicted octanol–water partition coefficient (Wildman–Crippen LogP) is 3.09. The lowest BCUT2D eigenvalue weighted by atomic mass is 10.0. The molecule has 0 saturated carbocycles. The lowest BCUT2D eigenvalue weighted by molar-refractivity contribution is 0.0799. The molecular formula is C21H33N3O3. The third-order valence-electron chi connectivity index (χ3n) is 5.42. The van der Waals surface area contributed by atoms with Crippen molar-refractivity contribution in [2.75, 3.05) is 39.5 Å². The van der Waals surface area contributed by atoms with Crippen molar-refractivity contribution in [1.82, 2.24) is 15.5 Å². The monoisotopic (exact) mass is 375 g/mol. The normalized spacial score (nSPS) is 20.0. The number of nitrogens with zero attached hydrogens (tertiary/aromatic N) is 1. The lowest BCUT2D eigenvalue weighted by Crippen LogP contribution is -2.47. The summed E-state index contributed by atoms with van der Waals surface area (Å²) in [6.07, 6.45) is 5.53. The van der Waals surface area contributed by atoms with Crippen molar-refractivity contribution < 1.29 is 14.3 Å². The predicted molar refractivity (Wildman–Crippen MR) is 106 cm³/mol. The maximum Gasteiger partial charge on any atom is 0.315 e. The third kappa shape index (κ3) is 6.11. The maximum absolute atomic E-state index is 12.4. The summed E-state index contributed by atoms with van der Waals surface area (Å²) in [7, 11) is 0. The zero-order valence-corrected chi connectivity index (χ0v) is 16.4. The van der Waals surface area contributed by atoms with Gasteiger partial charge in [-0.25, -0.2) is 4.79 Å². The molecule has 2 N–H and O–H groups in total. The molecule has 3 rings (SSSR count). The largest absolute Gasteiger partial charge is 0.494 e. The highest BCUT2D eigenvalue weighted by molar-refractivity contribution is 5.74. The van der Waals surface area contributed by atoms with Crippen LogP contribution >= 0.6 is 0 Å². The minimum atomic E-state index is -0.0742. The first-order chi connectivity index (χ1) is 13.3. The van der Waals surface area contributed by atoms with Crippen LogP contribution in [0.2, 0.25) is 0 Å². The van der Waals surface area contributed by atoms with Crippen LogP contribution in [0.15, 0.2) is 24.3 Å². The molecule has 0 aromatic heterocycles. The summed E-state index contributed by atoms with van der Waals surface area (Å²) in [4.78, 5) is 14.9. The number of likely N-dealkylation sites (tertiary alicyclic amines) is 1. The number of benzene rings is 1. The minimum Gasteiger partial charge on any atom is -0.494 e. The topological polar surface area (TPSA) is 62.8 Å². The highest BCUT2D eigenvalue weighted by Crippen LogP contribution is 2.26. The van der Waals surface area contributed by atoms with E-state index in [9.17, 15) is 4.79 Å². The van der Waals surface area contributed by atoms with E-state index in [0.717, 1.165) is 44.9 Å². The van der Waals surface area contributed by atoms with Crippen molar-refractivity contribution >= 4 is 6.03 Å². The molecule has 2 heterocycles. The minimum absolute atomic E-state index is 0.0742. The molecule has 2 aliphatic heterocycles. The van der Waals surface area contributed by atoms with Crippen molar-refractivity contribution in [1.29, 1.82) is 0 Å². The van der Waals surface area contributed by atoms with E-state index >= 15 is 0 Å². The zero-order chi connectivity index (χ0) is 18.9. The van der Waals surface area contributed by atoms with Crippen LogP contribution < -0.4 is 15.4 Å². The summed E-state index contributed by atoms with van der Waals surface area (Å²) in [5.74, 6) is 0.892. The van der Waals surface area contributed by atoms with Gasteiger partial charge in [0.25, 0.3) is 0 Å². The fourth-order valence-corrected chi connectivity index (χ4v) is 3.91. The Hall–Kier alpha value is -1.79. The molecule has 27 heavy (non-hydrogen) atoms. The molecule has 0 spiro atoms. The number of ether oxygens (including phenoxy) is 2. The fourth-order valence-electron chi connectivity index (χ4n) is 3.91. The van der Waals surface area contributed by atoms with E-state index in [-0.39, 0.29) is 18.1 Å². The van der Waals surface area contributed by atoms with Crippen LogP contribution in [0.25, 0.3) is 0 Å².